The minimum absolute atomic E-state index is 0.0326. The standard InChI is InChI=1S/C52H57N3OSi/c1-31(2)26-39-29-46-40-19-16-33(5)27-44(40)41-20-17-37-18-21-42-43-22-23-45(36-14-12-11-13-15-36)53-52(43)56-51(42)49(37)47-28-38(34(6)32(3)4)24-25-54(47)35(7)50(41)55(46)30-48(39)57(8,9)10/h11-16,18-19,21-25,27-32,34,41,50H,7,17,20,26H2,1-6,8-10H3/q+2. The molecule has 288 valence electrons. The molecule has 0 N–H and O–H groups in total. The number of benzene rings is 3. The first kappa shape index (κ1) is 37.4. The van der Waals surface area contributed by atoms with Crippen molar-refractivity contribution in [3.05, 3.63) is 138 Å². The minimum Gasteiger partial charge on any atom is -0.437 e. The SMILES string of the molecule is C=C1C2C(CCc3ccc4c(oc5nc(-c6ccccc6)ccc54)c3-c3cc(C(C)C(C)C)cc[n+]31)c1cc(C)ccc1-c1cc(CC(C)C)c([Si](C)(C)C)c[n+]12. The van der Waals surface area contributed by atoms with Gasteiger partial charge in [0.2, 0.25) is 28.8 Å². The molecule has 3 atom stereocenters. The van der Waals surface area contributed by atoms with E-state index in [9.17, 15) is 0 Å². The molecule has 7 aromatic rings. The molecule has 0 radical (unpaired) electrons. The summed E-state index contributed by atoms with van der Waals surface area (Å²) in [5.41, 5.74) is 16.6. The number of aromatic nitrogens is 3. The summed E-state index contributed by atoms with van der Waals surface area (Å²) in [6, 6.07) is 33.9. The number of hydrogen-bond acceptors (Lipinski definition) is 2. The van der Waals surface area contributed by atoms with Gasteiger partial charge in [-0.3, -0.25) is 0 Å². The van der Waals surface area contributed by atoms with Gasteiger partial charge in [0.05, 0.1) is 25.2 Å². The highest BCUT2D eigenvalue weighted by Crippen LogP contribution is 2.47. The number of allylic oxidation sites excluding steroid dienone is 1. The Kier molecular flexibility index (Phi) is 9.23. The van der Waals surface area contributed by atoms with Crippen LogP contribution < -0.4 is 14.3 Å². The quantitative estimate of drug-likeness (QED) is 0.125. The lowest BCUT2D eigenvalue weighted by molar-refractivity contribution is -0.726. The molecule has 57 heavy (non-hydrogen) atoms. The molecule has 4 aromatic heterocycles. The summed E-state index contributed by atoms with van der Waals surface area (Å²) in [6.45, 7) is 26.6. The third-order valence-electron chi connectivity index (χ3n) is 13.0. The Hall–Kier alpha value is -5.13. The van der Waals surface area contributed by atoms with Crippen molar-refractivity contribution in [2.75, 3.05) is 0 Å². The summed E-state index contributed by atoms with van der Waals surface area (Å²) in [5.74, 6) is 1.70. The second kappa shape index (κ2) is 14.1. The van der Waals surface area contributed by atoms with E-state index in [1.807, 2.05) is 6.07 Å². The maximum Gasteiger partial charge on any atom is 0.249 e. The monoisotopic (exact) mass is 767 g/mol. The largest absolute Gasteiger partial charge is 0.437 e. The van der Waals surface area contributed by atoms with Crippen molar-refractivity contribution in [1.82, 2.24) is 4.98 Å². The average molecular weight is 768 g/mol. The minimum atomic E-state index is -1.72. The number of furan rings is 1. The molecule has 0 aliphatic carbocycles. The molecule has 0 spiro atoms. The van der Waals surface area contributed by atoms with Gasteiger partial charge in [-0.1, -0.05) is 114 Å². The molecule has 4 nitrogen and oxygen atoms in total. The summed E-state index contributed by atoms with van der Waals surface area (Å²) in [4.78, 5) is 5.11. The first-order valence-electron chi connectivity index (χ1n) is 21.1. The second-order valence-corrected chi connectivity index (χ2v) is 23.8. The summed E-state index contributed by atoms with van der Waals surface area (Å²) in [5, 5.41) is 3.70. The van der Waals surface area contributed by atoms with E-state index in [1.54, 1.807) is 5.19 Å². The summed E-state index contributed by atoms with van der Waals surface area (Å²) < 4.78 is 12.0. The van der Waals surface area contributed by atoms with Crippen molar-refractivity contribution in [3.63, 3.8) is 0 Å². The molecule has 3 unspecified atom stereocenters. The van der Waals surface area contributed by atoms with Gasteiger partial charge < -0.3 is 4.42 Å². The second-order valence-electron chi connectivity index (χ2n) is 18.8. The van der Waals surface area contributed by atoms with Gasteiger partial charge in [0, 0.05) is 45.3 Å². The fraction of sp³-hybridized carbons (Fsp3) is 0.327. The smallest absolute Gasteiger partial charge is 0.249 e. The number of pyridine rings is 3. The number of aryl methyl sites for hydroxylation is 2. The topological polar surface area (TPSA) is 33.8 Å². The lowest BCUT2D eigenvalue weighted by Crippen LogP contribution is -2.57. The maximum absolute atomic E-state index is 6.98. The van der Waals surface area contributed by atoms with Crippen molar-refractivity contribution < 1.29 is 13.6 Å². The van der Waals surface area contributed by atoms with Crippen molar-refractivity contribution in [2.24, 2.45) is 11.8 Å². The van der Waals surface area contributed by atoms with Gasteiger partial charge in [-0.2, -0.15) is 9.13 Å². The van der Waals surface area contributed by atoms with Crippen molar-refractivity contribution in [3.8, 4) is 33.8 Å². The van der Waals surface area contributed by atoms with Gasteiger partial charge >= 0.3 is 0 Å². The van der Waals surface area contributed by atoms with Crippen molar-refractivity contribution in [1.29, 1.82) is 0 Å². The Balaban J connectivity index is 1.32. The van der Waals surface area contributed by atoms with E-state index in [-0.39, 0.29) is 12.0 Å². The van der Waals surface area contributed by atoms with Gasteiger partial charge in [0.15, 0.2) is 18.0 Å². The molecule has 3 aromatic carbocycles. The molecular formula is C52H57N3OSi+2. The number of nitrogens with zero attached hydrogens (tertiary/aromatic N) is 3. The lowest BCUT2D eigenvalue weighted by atomic mass is 9.77. The van der Waals surface area contributed by atoms with Crippen LogP contribution in [0, 0.1) is 18.8 Å². The first-order chi connectivity index (χ1) is 27.3. The molecule has 0 fully saturated rings. The van der Waals surface area contributed by atoms with Gasteiger partial charge in [-0.25, -0.2) is 4.98 Å². The van der Waals surface area contributed by atoms with E-state index in [1.165, 1.54) is 39.1 Å². The molecule has 2 aliphatic heterocycles. The predicted octanol–water partition coefficient (Wildman–Crippen LogP) is 12.1. The zero-order chi connectivity index (χ0) is 39.9. The van der Waals surface area contributed by atoms with Crippen LogP contribution >= 0.6 is 0 Å². The summed E-state index contributed by atoms with van der Waals surface area (Å²) in [7, 11) is -1.72. The van der Waals surface area contributed by atoms with Crippen LogP contribution in [0.3, 0.4) is 0 Å². The molecule has 9 rings (SSSR count). The van der Waals surface area contributed by atoms with Crippen LogP contribution in [0.25, 0.3) is 61.5 Å². The highest BCUT2D eigenvalue weighted by Gasteiger charge is 2.48. The van der Waals surface area contributed by atoms with Crippen molar-refractivity contribution in [2.45, 2.75) is 98.3 Å². The fourth-order valence-corrected chi connectivity index (χ4v) is 11.4. The molecule has 0 bridgehead atoms. The van der Waals surface area contributed by atoms with Gasteiger partial charge in [0.25, 0.3) is 0 Å². The number of hydrogen-bond donors (Lipinski definition) is 0. The van der Waals surface area contributed by atoms with E-state index >= 15 is 0 Å². The molecule has 0 saturated carbocycles. The normalized spacial score (nSPS) is 17.1. The highest BCUT2D eigenvalue weighted by molar-refractivity contribution is 6.89. The molecule has 6 heterocycles. The molecule has 0 saturated heterocycles. The van der Waals surface area contributed by atoms with E-state index < -0.39 is 8.07 Å². The zero-order valence-corrected chi connectivity index (χ0v) is 36.3. The Morgan fingerprint density at radius 2 is 1.63 bits per heavy atom. The lowest BCUT2D eigenvalue weighted by Gasteiger charge is -2.32. The first-order valence-corrected chi connectivity index (χ1v) is 24.6. The molecular weight excluding hydrogens is 711 g/mol. The van der Waals surface area contributed by atoms with Crippen LogP contribution in [0.5, 0.6) is 0 Å². The van der Waals surface area contributed by atoms with Gasteiger partial charge in [0.1, 0.15) is 0 Å². The van der Waals surface area contributed by atoms with Crippen LogP contribution in [0.4, 0.5) is 0 Å². The third kappa shape index (κ3) is 6.39. The van der Waals surface area contributed by atoms with Crippen LogP contribution in [0.2, 0.25) is 19.6 Å². The van der Waals surface area contributed by atoms with E-state index in [0.717, 1.165) is 63.8 Å². The van der Waals surface area contributed by atoms with Crippen LogP contribution in [0.15, 0.2) is 114 Å². The number of rotatable bonds is 6. The van der Waals surface area contributed by atoms with E-state index in [4.69, 9.17) is 16.0 Å². The van der Waals surface area contributed by atoms with Crippen LogP contribution in [-0.2, 0) is 12.8 Å². The molecule has 5 heteroatoms. The van der Waals surface area contributed by atoms with Crippen molar-refractivity contribution >= 4 is 41.0 Å². The maximum atomic E-state index is 6.98. The van der Waals surface area contributed by atoms with E-state index in [0.29, 0.717) is 23.5 Å². The Morgan fingerprint density at radius 1 is 0.860 bits per heavy atom. The Morgan fingerprint density at radius 3 is 2.37 bits per heavy atom. The van der Waals surface area contributed by atoms with Gasteiger partial charge in [-0.15, -0.1) is 0 Å². The molecule has 2 aliphatic rings. The predicted molar refractivity (Wildman–Crippen MR) is 240 cm³/mol. The third-order valence-corrected chi connectivity index (χ3v) is 15.1. The Bertz CT molecular complexity index is 2720. The van der Waals surface area contributed by atoms with Crippen LogP contribution in [0.1, 0.15) is 86.7 Å². The highest BCUT2D eigenvalue weighted by atomic mass is 28.3. The average Bonchev–Trinajstić information content (AvgIpc) is 3.57. The Labute approximate surface area is 340 Å². The summed E-state index contributed by atoms with van der Waals surface area (Å²) >= 11 is 0. The summed E-state index contributed by atoms with van der Waals surface area (Å²) in [6.07, 6.45) is 7.87. The number of fused-ring (bicyclic) bond motifs is 13. The van der Waals surface area contributed by atoms with Crippen LogP contribution in [-0.4, -0.2) is 13.1 Å². The van der Waals surface area contributed by atoms with Gasteiger partial charge in [-0.05, 0) is 91.0 Å². The molecule has 0 amide bonds. The van der Waals surface area contributed by atoms with E-state index in [2.05, 4.69) is 168 Å². The zero-order valence-electron chi connectivity index (χ0n) is 35.3. The fourth-order valence-electron chi connectivity index (χ4n) is 9.73.